The van der Waals surface area contributed by atoms with Crippen LogP contribution < -0.4 is 10.2 Å². The van der Waals surface area contributed by atoms with Crippen LogP contribution in [-0.4, -0.2) is 39.1 Å². The van der Waals surface area contributed by atoms with Gasteiger partial charge >= 0.3 is 5.97 Å². The number of anilines is 1. The first-order valence-corrected chi connectivity index (χ1v) is 11.4. The number of carbonyl (C=O) groups excluding carboxylic acids is 2. The summed E-state index contributed by atoms with van der Waals surface area (Å²) in [5, 5.41) is 12.2. The lowest BCUT2D eigenvalue weighted by Gasteiger charge is -2.18. The molecule has 0 fully saturated rings. The van der Waals surface area contributed by atoms with Crippen LogP contribution in [0.2, 0.25) is 0 Å². The van der Waals surface area contributed by atoms with Gasteiger partial charge in [-0.05, 0) is 41.3 Å². The van der Waals surface area contributed by atoms with E-state index in [1.807, 2.05) is 85.7 Å². The number of amides is 1. The van der Waals surface area contributed by atoms with Crippen molar-refractivity contribution >= 4 is 23.6 Å². The zero-order valence-electron chi connectivity index (χ0n) is 20.0. The number of esters is 1. The molecule has 0 saturated carbocycles. The minimum atomic E-state index is -0.828. The molecule has 0 radical (unpaired) electrons. The first kappa shape index (κ1) is 25.3. The molecule has 0 unspecified atom stereocenters. The predicted octanol–water partition coefficient (Wildman–Crippen LogP) is 4.54. The lowest BCUT2D eigenvalue weighted by Crippen LogP contribution is -2.30. The van der Waals surface area contributed by atoms with Gasteiger partial charge < -0.3 is 15.0 Å². The maximum absolute atomic E-state index is 12.3. The van der Waals surface area contributed by atoms with Crippen molar-refractivity contribution in [3.05, 3.63) is 107 Å². The van der Waals surface area contributed by atoms with Gasteiger partial charge in [-0.15, -0.1) is 0 Å². The summed E-state index contributed by atoms with van der Waals surface area (Å²) in [6.07, 6.45) is 2.14. The fourth-order valence-corrected chi connectivity index (χ4v) is 3.68. The molecule has 3 aromatic carbocycles. The fraction of sp³-hybridized carbons (Fsp3) is 0.207. The van der Waals surface area contributed by atoms with Gasteiger partial charge in [0, 0.05) is 32.2 Å². The second-order valence-corrected chi connectivity index (χ2v) is 8.24. The second kappa shape index (κ2) is 12.8. The SMILES string of the molecule is CN(C)c1ccc(/C=C(\C#N)C(=O)OCC(=O)NCCC(c2ccccc2)c2ccccc2)cc1. The molecule has 0 saturated heterocycles. The molecular formula is C29H29N3O3. The van der Waals surface area contributed by atoms with Crippen LogP contribution >= 0.6 is 0 Å². The Kier molecular flexibility index (Phi) is 9.21. The fourth-order valence-electron chi connectivity index (χ4n) is 3.68. The highest BCUT2D eigenvalue weighted by molar-refractivity contribution is 5.98. The molecule has 0 aliphatic carbocycles. The van der Waals surface area contributed by atoms with E-state index in [2.05, 4.69) is 29.6 Å². The van der Waals surface area contributed by atoms with Crippen LogP contribution in [0, 0.1) is 11.3 Å². The van der Waals surface area contributed by atoms with E-state index in [1.165, 1.54) is 17.2 Å². The van der Waals surface area contributed by atoms with Crippen molar-refractivity contribution < 1.29 is 14.3 Å². The number of hydrogen-bond donors (Lipinski definition) is 1. The zero-order chi connectivity index (χ0) is 25.0. The van der Waals surface area contributed by atoms with Gasteiger partial charge in [-0.25, -0.2) is 4.79 Å². The molecule has 0 aliphatic heterocycles. The van der Waals surface area contributed by atoms with Gasteiger partial charge in [-0.3, -0.25) is 4.79 Å². The number of nitriles is 1. The molecular weight excluding hydrogens is 438 g/mol. The third-order valence-electron chi connectivity index (χ3n) is 5.55. The Morgan fingerprint density at radius 2 is 1.51 bits per heavy atom. The summed E-state index contributed by atoms with van der Waals surface area (Å²) in [6, 6.07) is 29.5. The lowest BCUT2D eigenvalue weighted by atomic mass is 9.88. The number of benzene rings is 3. The Hall–Kier alpha value is -4.37. The summed E-state index contributed by atoms with van der Waals surface area (Å²) >= 11 is 0. The molecule has 0 aromatic heterocycles. The molecule has 0 bridgehead atoms. The van der Waals surface area contributed by atoms with E-state index in [4.69, 9.17) is 4.74 Å². The molecule has 0 atom stereocenters. The molecule has 35 heavy (non-hydrogen) atoms. The van der Waals surface area contributed by atoms with Crippen LogP contribution in [0.15, 0.2) is 90.5 Å². The van der Waals surface area contributed by atoms with Crippen molar-refractivity contribution in [3.63, 3.8) is 0 Å². The summed E-state index contributed by atoms with van der Waals surface area (Å²) in [5.41, 5.74) is 3.87. The summed E-state index contributed by atoms with van der Waals surface area (Å²) in [7, 11) is 3.86. The number of rotatable bonds is 10. The van der Waals surface area contributed by atoms with E-state index < -0.39 is 18.5 Å². The summed E-state index contributed by atoms with van der Waals surface area (Å²) in [4.78, 5) is 26.5. The van der Waals surface area contributed by atoms with Crippen molar-refractivity contribution in [1.82, 2.24) is 5.32 Å². The topological polar surface area (TPSA) is 82.4 Å². The van der Waals surface area contributed by atoms with E-state index in [9.17, 15) is 14.9 Å². The van der Waals surface area contributed by atoms with E-state index in [-0.39, 0.29) is 11.5 Å². The van der Waals surface area contributed by atoms with Gasteiger partial charge in [0.2, 0.25) is 0 Å². The van der Waals surface area contributed by atoms with Crippen molar-refractivity contribution in [1.29, 1.82) is 5.26 Å². The minimum Gasteiger partial charge on any atom is -0.451 e. The maximum Gasteiger partial charge on any atom is 0.349 e. The van der Waals surface area contributed by atoms with Crippen LogP contribution in [0.1, 0.15) is 29.0 Å². The predicted molar refractivity (Wildman–Crippen MR) is 138 cm³/mol. The smallest absolute Gasteiger partial charge is 0.349 e. The highest BCUT2D eigenvalue weighted by Crippen LogP contribution is 2.27. The average molecular weight is 468 g/mol. The van der Waals surface area contributed by atoms with Gasteiger partial charge in [0.15, 0.2) is 6.61 Å². The standard InChI is InChI=1S/C29H29N3O3/c1-32(2)26-15-13-22(14-16-26)19-25(20-30)29(34)35-21-28(33)31-18-17-27(23-9-5-3-6-10-23)24-11-7-4-8-12-24/h3-16,19,27H,17-18,21H2,1-2H3,(H,31,33)/b25-19+. The first-order chi connectivity index (χ1) is 17.0. The molecule has 6 heteroatoms. The molecule has 1 N–H and O–H groups in total. The molecule has 3 rings (SSSR count). The number of nitrogens with one attached hydrogen (secondary N) is 1. The number of nitrogens with zero attached hydrogens (tertiary/aromatic N) is 2. The van der Waals surface area contributed by atoms with Crippen molar-refractivity contribution in [3.8, 4) is 6.07 Å². The molecule has 178 valence electrons. The Bertz CT molecular complexity index is 1140. The largest absolute Gasteiger partial charge is 0.451 e. The van der Waals surface area contributed by atoms with Crippen LogP contribution in [0.5, 0.6) is 0 Å². The summed E-state index contributed by atoms with van der Waals surface area (Å²) < 4.78 is 5.07. The second-order valence-electron chi connectivity index (χ2n) is 8.24. The Morgan fingerprint density at radius 3 is 2.03 bits per heavy atom. The molecule has 0 heterocycles. The van der Waals surface area contributed by atoms with Crippen LogP contribution in [-0.2, 0) is 14.3 Å². The third kappa shape index (κ3) is 7.58. The van der Waals surface area contributed by atoms with Crippen molar-refractivity contribution in [2.75, 3.05) is 32.1 Å². The molecule has 6 nitrogen and oxygen atoms in total. The van der Waals surface area contributed by atoms with Gasteiger partial charge in [0.1, 0.15) is 11.6 Å². The average Bonchev–Trinajstić information content (AvgIpc) is 2.89. The monoisotopic (exact) mass is 467 g/mol. The van der Waals surface area contributed by atoms with Gasteiger partial charge in [-0.2, -0.15) is 5.26 Å². The highest BCUT2D eigenvalue weighted by Gasteiger charge is 2.16. The van der Waals surface area contributed by atoms with E-state index in [1.54, 1.807) is 0 Å². The van der Waals surface area contributed by atoms with E-state index in [0.29, 0.717) is 18.5 Å². The summed E-state index contributed by atoms with van der Waals surface area (Å²) in [6.45, 7) is -0.0250. The Morgan fingerprint density at radius 1 is 0.943 bits per heavy atom. The minimum absolute atomic E-state index is 0.132. The molecule has 1 amide bonds. The van der Waals surface area contributed by atoms with Crippen LogP contribution in [0.4, 0.5) is 5.69 Å². The lowest BCUT2D eigenvalue weighted by molar-refractivity contribution is -0.144. The zero-order valence-corrected chi connectivity index (χ0v) is 20.0. The van der Waals surface area contributed by atoms with Crippen molar-refractivity contribution in [2.24, 2.45) is 0 Å². The van der Waals surface area contributed by atoms with Crippen molar-refractivity contribution in [2.45, 2.75) is 12.3 Å². The Labute approximate surface area is 206 Å². The highest BCUT2D eigenvalue weighted by atomic mass is 16.5. The van der Waals surface area contributed by atoms with Crippen LogP contribution in [0.3, 0.4) is 0 Å². The number of hydrogen-bond acceptors (Lipinski definition) is 5. The first-order valence-electron chi connectivity index (χ1n) is 11.4. The third-order valence-corrected chi connectivity index (χ3v) is 5.55. The summed E-state index contributed by atoms with van der Waals surface area (Å²) in [5.74, 6) is -1.11. The number of carbonyl (C=O) groups is 2. The van der Waals surface area contributed by atoms with Crippen LogP contribution in [0.25, 0.3) is 6.08 Å². The quantitative estimate of drug-likeness (QED) is 0.269. The molecule has 3 aromatic rings. The normalized spacial score (nSPS) is 11.0. The van der Waals surface area contributed by atoms with Gasteiger partial charge in [0.05, 0.1) is 0 Å². The number of ether oxygens (including phenoxy) is 1. The molecule has 0 spiro atoms. The molecule has 0 aliphatic rings. The Balaban J connectivity index is 1.52. The van der Waals surface area contributed by atoms with E-state index in [0.717, 1.165) is 5.69 Å². The van der Waals surface area contributed by atoms with Gasteiger partial charge in [0.25, 0.3) is 5.91 Å². The maximum atomic E-state index is 12.3. The van der Waals surface area contributed by atoms with Gasteiger partial charge in [-0.1, -0.05) is 72.8 Å². The van der Waals surface area contributed by atoms with E-state index >= 15 is 0 Å².